The van der Waals surface area contributed by atoms with Crippen molar-refractivity contribution < 1.29 is 0 Å². The Kier molecular flexibility index (Phi) is 4.43. The van der Waals surface area contributed by atoms with Gasteiger partial charge in [-0.05, 0) is 59.6 Å². The molecule has 156 valence electrons. The predicted molar refractivity (Wildman–Crippen MR) is 131 cm³/mol. The van der Waals surface area contributed by atoms with Crippen LogP contribution in [0.4, 0.5) is 0 Å². The second-order valence-corrected chi connectivity index (χ2v) is 10.4. The lowest BCUT2D eigenvalue weighted by atomic mass is 9.58. The fourth-order valence-corrected chi connectivity index (χ4v) is 7.25. The lowest BCUT2D eigenvalue weighted by Gasteiger charge is -2.48. The first-order valence-corrected chi connectivity index (χ1v) is 12.3. The fourth-order valence-electron chi connectivity index (χ4n) is 6.19. The summed E-state index contributed by atoms with van der Waals surface area (Å²) in [6, 6.07) is 19.5. The molecule has 3 heteroatoms. The molecular formula is C28H28N2S. The molecule has 3 atom stereocenters. The molecule has 3 heterocycles. The molecule has 0 spiro atoms. The Morgan fingerprint density at radius 3 is 2.77 bits per heavy atom. The number of fused-ring (bicyclic) bond motifs is 3. The zero-order valence-electron chi connectivity index (χ0n) is 18.2. The third kappa shape index (κ3) is 2.94. The Morgan fingerprint density at radius 1 is 1.10 bits per heavy atom. The van der Waals surface area contributed by atoms with Gasteiger partial charge in [-0.2, -0.15) is 0 Å². The Bertz CT molecular complexity index is 1280. The topological polar surface area (TPSA) is 17.8 Å². The molecule has 0 saturated heterocycles. The monoisotopic (exact) mass is 424 g/mol. The number of imidazole rings is 1. The molecule has 0 N–H and O–H groups in total. The van der Waals surface area contributed by atoms with Gasteiger partial charge in [0.05, 0.1) is 17.7 Å². The average Bonchev–Trinajstić information content (AvgIpc) is 3.41. The number of benzene rings is 2. The van der Waals surface area contributed by atoms with Crippen LogP contribution in [0.25, 0.3) is 27.4 Å². The van der Waals surface area contributed by atoms with E-state index in [0.717, 1.165) is 12.2 Å². The van der Waals surface area contributed by atoms with Gasteiger partial charge in [0, 0.05) is 22.2 Å². The molecule has 1 saturated carbocycles. The number of nitrogens with zero attached hydrogens (tertiary/aromatic N) is 2. The first-order valence-electron chi connectivity index (χ1n) is 11.4. The van der Waals surface area contributed by atoms with Crippen LogP contribution in [0, 0.1) is 11.3 Å². The van der Waals surface area contributed by atoms with E-state index in [1.54, 1.807) is 5.57 Å². The molecule has 31 heavy (non-hydrogen) atoms. The quantitative estimate of drug-likeness (QED) is 0.328. The Hall–Kier alpha value is -2.65. The van der Waals surface area contributed by atoms with Crippen molar-refractivity contribution in [2.45, 2.75) is 45.6 Å². The van der Waals surface area contributed by atoms with Gasteiger partial charge in [0.15, 0.2) is 0 Å². The van der Waals surface area contributed by atoms with Gasteiger partial charge in [-0.25, -0.2) is 4.98 Å². The van der Waals surface area contributed by atoms with Crippen LogP contribution in [0.1, 0.15) is 50.3 Å². The molecule has 2 aromatic carbocycles. The summed E-state index contributed by atoms with van der Waals surface area (Å²) in [5, 5.41) is 3.86. The summed E-state index contributed by atoms with van der Waals surface area (Å²) in [7, 11) is 0. The molecule has 1 aliphatic carbocycles. The molecule has 6 rings (SSSR count). The highest BCUT2D eigenvalue weighted by Crippen LogP contribution is 2.55. The minimum absolute atomic E-state index is 0.183. The van der Waals surface area contributed by atoms with Gasteiger partial charge in [-0.15, -0.1) is 11.3 Å². The van der Waals surface area contributed by atoms with E-state index in [0.29, 0.717) is 11.8 Å². The van der Waals surface area contributed by atoms with Crippen molar-refractivity contribution in [1.82, 2.24) is 9.55 Å². The van der Waals surface area contributed by atoms with Crippen molar-refractivity contribution in [1.29, 1.82) is 0 Å². The number of hydrogen-bond acceptors (Lipinski definition) is 2. The van der Waals surface area contributed by atoms with Crippen molar-refractivity contribution in [2.24, 2.45) is 11.3 Å². The molecule has 0 radical (unpaired) electrons. The normalized spacial score (nSPS) is 23.8. The lowest BCUT2D eigenvalue weighted by Crippen LogP contribution is -2.41. The Labute approximate surface area is 188 Å². The van der Waals surface area contributed by atoms with E-state index in [4.69, 9.17) is 4.98 Å². The van der Waals surface area contributed by atoms with E-state index >= 15 is 0 Å². The van der Waals surface area contributed by atoms with Crippen molar-refractivity contribution in [3.8, 4) is 11.3 Å². The molecule has 1 aliphatic heterocycles. The van der Waals surface area contributed by atoms with Crippen molar-refractivity contribution in [3.63, 3.8) is 0 Å². The molecule has 4 aromatic rings. The van der Waals surface area contributed by atoms with E-state index in [9.17, 15) is 0 Å². The summed E-state index contributed by atoms with van der Waals surface area (Å²) in [5.74, 6) is 1.18. The summed E-state index contributed by atoms with van der Waals surface area (Å²) < 4.78 is 3.82. The number of aromatic nitrogens is 2. The average molecular weight is 425 g/mol. The van der Waals surface area contributed by atoms with Gasteiger partial charge in [0.2, 0.25) is 0 Å². The second kappa shape index (κ2) is 7.20. The minimum Gasteiger partial charge on any atom is -0.330 e. The first kappa shape index (κ1) is 19.1. The van der Waals surface area contributed by atoms with Gasteiger partial charge >= 0.3 is 0 Å². The molecule has 2 unspecified atom stereocenters. The zero-order chi connectivity index (χ0) is 21.0. The highest BCUT2D eigenvalue weighted by molar-refractivity contribution is 7.17. The maximum atomic E-state index is 4.84. The smallest absolute Gasteiger partial charge is 0.0958 e. The molecule has 1 fully saturated rings. The number of thiophene rings is 1. The zero-order valence-corrected chi connectivity index (χ0v) is 19.0. The van der Waals surface area contributed by atoms with E-state index in [1.165, 1.54) is 46.2 Å². The third-order valence-electron chi connectivity index (χ3n) is 7.85. The van der Waals surface area contributed by atoms with Crippen LogP contribution < -0.4 is 0 Å². The van der Waals surface area contributed by atoms with Gasteiger partial charge < -0.3 is 4.57 Å². The summed E-state index contributed by atoms with van der Waals surface area (Å²) in [6.07, 6.45) is 8.33. The summed E-state index contributed by atoms with van der Waals surface area (Å²) in [4.78, 5) is 4.84. The van der Waals surface area contributed by atoms with Crippen LogP contribution in [-0.4, -0.2) is 9.55 Å². The van der Waals surface area contributed by atoms with Gasteiger partial charge in [0.1, 0.15) is 0 Å². The summed E-state index contributed by atoms with van der Waals surface area (Å²) in [5.41, 5.74) is 6.96. The van der Waals surface area contributed by atoms with Crippen LogP contribution in [0.5, 0.6) is 0 Å². The molecule has 2 nitrogen and oxygen atoms in total. The SMILES string of the molecule is CC(c1csc2ccccc12)C1CCCC2=Cc3c(-c4ccccc4)ncn3C[C@@]21C. The molecule has 0 bridgehead atoms. The van der Waals surface area contributed by atoms with Crippen molar-refractivity contribution >= 4 is 27.5 Å². The molecule has 0 amide bonds. The molecule has 2 aromatic heterocycles. The summed E-state index contributed by atoms with van der Waals surface area (Å²) in [6.45, 7) is 6.01. The molecular weight excluding hydrogens is 396 g/mol. The summed E-state index contributed by atoms with van der Waals surface area (Å²) >= 11 is 1.89. The highest BCUT2D eigenvalue weighted by Gasteiger charge is 2.45. The second-order valence-electron chi connectivity index (χ2n) is 9.53. The molecule has 2 aliphatic rings. The number of rotatable bonds is 3. The maximum absolute atomic E-state index is 4.84. The number of allylic oxidation sites excluding steroid dienone is 1. The van der Waals surface area contributed by atoms with Crippen LogP contribution >= 0.6 is 11.3 Å². The van der Waals surface area contributed by atoms with E-state index in [1.807, 2.05) is 11.3 Å². The fraction of sp³-hybridized carbons (Fsp3) is 0.321. The predicted octanol–water partition coefficient (Wildman–Crippen LogP) is 7.77. The van der Waals surface area contributed by atoms with Crippen molar-refractivity contribution in [3.05, 3.63) is 83.1 Å². The van der Waals surface area contributed by atoms with Gasteiger partial charge in [-0.3, -0.25) is 0 Å². The number of hydrogen-bond donors (Lipinski definition) is 0. The van der Waals surface area contributed by atoms with E-state index in [-0.39, 0.29) is 5.41 Å². The largest absolute Gasteiger partial charge is 0.330 e. The van der Waals surface area contributed by atoms with Crippen LogP contribution in [0.2, 0.25) is 0 Å². The van der Waals surface area contributed by atoms with Gasteiger partial charge in [0.25, 0.3) is 0 Å². The Balaban J connectivity index is 1.40. The Morgan fingerprint density at radius 2 is 1.90 bits per heavy atom. The van der Waals surface area contributed by atoms with Crippen LogP contribution in [0.15, 0.2) is 71.9 Å². The standard InChI is InChI=1S/C28H28N2S/c1-19(23-16-31-26-14-7-6-12-22(23)26)24-13-8-11-21-15-25-27(20-9-4-3-5-10-20)29-18-30(25)17-28(21,24)2/h3-7,9-10,12,14-16,18-19,24H,8,11,13,17H2,1-2H3/t19?,24?,28-/m0/s1. The minimum atomic E-state index is 0.183. The third-order valence-corrected chi connectivity index (χ3v) is 8.84. The lowest BCUT2D eigenvalue weighted by molar-refractivity contribution is 0.131. The van der Waals surface area contributed by atoms with Crippen LogP contribution in [0.3, 0.4) is 0 Å². The maximum Gasteiger partial charge on any atom is 0.0958 e. The first-order chi connectivity index (χ1) is 15.1. The van der Waals surface area contributed by atoms with Gasteiger partial charge in [-0.1, -0.05) is 68.0 Å². The van der Waals surface area contributed by atoms with Crippen LogP contribution in [-0.2, 0) is 6.54 Å². The highest BCUT2D eigenvalue weighted by atomic mass is 32.1. The van der Waals surface area contributed by atoms with Crippen molar-refractivity contribution in [2.75, 3.05) is 0 Å². The van der Waals surface area contributed by atoms with E-state index in [2.05, 4.69) is 90.8 Å². The van der Waals surface area contributed by atoms with E-state index < -0.39 is 0 Å².